The van der Waals surface area contributed by atoms with Crippen molar-refractivity contribution in [2.24, 2.45) is 5.41 Å². The summed E-state index contributed by atoms with van der Waals surface area (Å²) in [4.78, 5) is 11.0. The highest BCUT2D eigenvalue weighted by atomic mass is 16.1. The minimum atomic E-state index is 0.226. The van der Waals surface area contributed by atoms with Gasteiger partial charge in [-0.25, -0.2) is 0 Å². The zero-order valence-corrected chi connectivity index (χ0v) is 7.02. The van der Waals surface area contributed by atoms with Gasteiger partial charge in [0.05, 0.1) is 0 Å². The Balaban J connectivity index is 2.43. The lowest BCUT2D eigenvalue weighted by atomic mass is 9.84. The summed E-state index contributed by atoms with van der Waals surface area (Å²) in [6.07, 6.45) is 9.53. The third-order valence-electron chi connectivity index (χ3n) is 2.50. The summed E-state index contributed by atoms with van der Waals surface area (Å²) in [6, 6.07) is 0. The fourth-order valence-electron chi connectivity index (χ4n) is 1.68. The second-order valence-electron chi connectivity index (χ2n) is 3.73. The van der Waals surface area contributed by atoms with Crippen molar-refractivity contribution in [3.63, 3.8) is 0 Å². The summed E-state index contributed by atoms with van der Waals surface area (Å²) in [5, 5.41) is 0. The molecule has 1 unspecified atom stereocenters. The third kappa shape index (κ3) is 2.08. The average Bonchev–Trinajstić information content (AvgIpc) is 2.28. The van der Waals surface area contributed by atoms with Crippen molar-refractivity contribution in [2.45, 2.75) is 39.0 Å². The summed E-state index contributed by atoms with van der Waals surface area (Å²) in [5.74, 6) is 3.03. The first-order valence-electron chi connectivity index (χ1n) is 4.11. The summed E-state index contributed by atoms with van der Waals surface area (Å²) in [6.45, 7) is 2.16. The number of rotatable bonds is 2. The molecule has 1 aliphatic carbocycles. The quantitative estimate of drug-likeness (QED) is 0.551. The molecule has 1 saturated carbocycles. The Labute approximate surface area is 68.2 Å². The van der Waals surface area contributed by atoms with Gasteiger partial charge in [-0.1, -0.05) is 6.92 Å². The van der Waals surface area contributed by atoms with E-state index in [1.165, 1.54) is 0 Å². The van der Waals surface area contributed by atoms with Gasteiger partial charge >= 0.3 is 0 Å². The Kier molecular flexibility index (Phi) is 2.34. The van der Waals surface area contributed by atoms with Crippen LogP contribution >= 0.6 is 0 Å². The molecule has 11 heavy (non-hydrogen) atoms. The number of ketones is 1. The molecule has 0 radical (unpaired) electrons. The summed E-state index contributed by atoms with van der Waals surface area (Å²) in [5.41, 5.74) is 0.226. The SMILES string of the molecule is C#CCCC1(C)CCC(=O)C1. The van der Waals surface area contributed by atoms with Gasteiger partial charge in [0.2, 0.25) is 0 Å². The van der Waals surface area contributed by atoms with E-state index in [2.05, 4.69) is 12.8 Å². The number of hydrogen-bond donors (Lipinski definition) is 0. The maximum atomic E-state index is 11.0. The zero-order valence-electron chi connectivity index (χ0n) is 7.02. The predicted molar refractivity (Wildman–Crippen MR) is 45.0 cm³/mol. The number of Topliss-reactive ketones (excluding diaryl/α,β-unsaturated/α-hetero) is 1. The lowest BCUT2D eigenvalue weighted by molar-refractivity contribution is -0.117. The summed E-state index contributed by atoms with van der Waals surface area (Å²) >= 11 is 0. The standard InChI is InChI=1S/C10H14O/c1-3-4-6-10(2)7-5-9(11)8-10/h1H,4-8H2,2H3. The Hall–Kier alpha value is -0.770. The molecule has 0 bridgehead atoms. The topological polar surface area (TPSA) is 17.1 Å². The first-order chi connectivity index (χ1) is 5.16. The summed E-state index contributed by atoms with van der Waals surface area (Å²) in [7, 11) is 0. The van der Waals surface area contributed by atoms with Crippen LogP contribution in [0.25, 0.3) is 0 Å². The van der Waals surface area contributed by atoms with Crippen LogP contribution in [0.5, 0.6) is 0 Å². The van der Waals surface area contributed by atoms with Crippen molar-refractivity contribution >= 4 is 5.78 Å². The molecule has 0 aromatic carbocycles. The third-order valence-corrected chi connectivity index (χ3v) is 2.50. The first kappa shape index (κ1) is 8.33. The molecule has 0 N–H and O–H groups in total. The molecule has 1 rings (SSSR count). The van der Waals surface area contributed by atoms with Gasteiger partial charge in [-0.05, 0) is 18.3 Å². The Bertz CT molecular complexity index is 199. The molecular weight excluding hydrogens is 136 g/mol. The van der Waals surface area contributed by atoms with Crippen LogP contribution in [0.3, 0.4) is 0 Å². The molecular formula is C10H14O. The average molecular weight is 150 g/mol. The van der Waals surface area contributed by atoms with Crippen LogP contribution in [-0.2, 0) is 4.79 Å². The van der Waals surface area contributed by atoms with E-state index in [-0.39, 0.29) is 5.41 Å². The molecule has 0 heterocycles. The van der Waals surface area contributed by atoms with E-state index in [0.29, 0.717) is 5.78 Å². The summed E-state index contributed by atoms with van der Waals surface area (Å²) < 4.78 is 0. The van der Waals surface area contributed by atoms with E-state index in [1.54, 1.807) is 0 Å². The van der Waals surface area contributed by atoms with Gasteiger partial charge in [0.1, 0.15) is 5.78 Å². The Morgan fingerprint density at radius 3 is 2.91 bits per heavy atom. The minimum Gasteiger partial charge on any atom is -0.300 e. The van der Waals surface area contributed by atoms with Crippen LogP contribution in [0.15, 0.2) is 0 Å². The lowest BCUT2D eigenvalue weighted by Crippen LogP contribution is -2.11. The fraction of sp³-hybridized carbons (Fsp3) is 0.700. The molecule has 1 heteroatoms. The van der Waals surface area contributed by atoms with E-state index in [1.807, 2.05) is 0 Å². The van der Waals surface area contributed by atoms with E-state index in [9.17, 15) is 4.79 Å². The second kappa shape index (κ2) is 3.09. The molecule has 1 aliphatic rings. The maximum Gasteiger partial charge on any atom is 0.133 e. The van der Waals surface area contributed by atoms with Crippen molar-refractivity contribution in [3.8, 4) is 12.3 Å². The maximum absolute atomic E-state index is 11.0. The van der Waals surface area contributed by atoms with Gasteiger partial charge in [0, 0.05) is 19.3 Å². The molecule has 0 spiro atoms. The van der Waals surface area contributed by atoms with E-state index >= 15 is 0 Å². The fourth-order valence-corrected chi connectivity index (χ4v) is 1.68. The zero-order chi connectivity index (χ0) is 8.32. The first-order valence-corrected chi connectivity index (χ1v) is 4.11. The molecule has 0 aromatic heterocycles. The lowest BCUT2D eigenvalue weighted by Gasteiger charge is -2.20. The number of hydrogen-bond acceptors (Lipinski definition) is 1. The number of carbonyl (C=O) groups excluding carboxylic acids is 1. The van der Waals surface area contributed by atoms with Crippen LogP contribution < -0.4 is 0 Å². The molecule has 0 aliphatic heterocycles. The minimum absolute atomic E-state index is 0.226. The highest BCUT2D eigenvalue weighted by Crippen LogP contribution is 2.39. The number of terminal acetylenes is 1. The van der Waals surface area contributed by atoms with Gasteiger partial charge in [0.15, 0.2) is 0 Å². The van der Waals surface area contributed by atoms with Crippen LogP contribution in [0, 0.1) is 17.8 Å². The van der Waals surface area contributed by atoms with E-state index in [4.69, 9.17) is 6.42 Å². The highest BCUT2D eigenvalue weighted by Gasteiger charge is 2.32. The molecule has 0 amide bonds. The van der Waals surface area contributed by atoms with Crippen molar-refractivity contribution < 1.29 is 4.79 Å². The van der Waals surface area contributed by atoms with Crippen molar-refractivity contribution in [2.75, 3.05) is 0 Å². The normalized spacial score (nSPS) is 30.4. The predicted octanol–water partition coefficient (Wildman–Crippen LogP) is 2.16. The van der Waals surface area contributed by atoms with Crippen molar-refractivity contribution in [1.29, 1.82) is 0 Å². The molecule has 1 fully saturated rings. The molecule has 0 saturated heterocycles. The molecule has 60 valence electrons. The number of carbonyl (C=O) groups is 1. The van der Waals surface area contributed by atoms with Crippen LogP contribution in [0.2, 0.25) is 0 Å². The molecule has 1 atom stereocenters. The van der Waals surface area contributed by atoms with Gasteiger partial charge in [-0.2, -0.15) is 0 Å². The van der Waals surface area contributed by atoms with Gasteiger partial charge in [-0.3, -0.25) is 4.79 Å². The van der Waals surface area contributed by atoms with Crippen molar-refractivity contribution in [3.05, 3.63) is 0 Å². The van der Waals surface area contributed by atoms with Crippen molar-refractivity contribution in [1.82, 2.24) is 0 Å². The smallest absolute Gasteiger partial charge is 0.133 e. The van der Waals surface area contributed by atoms with E-state index in [0.717, 1.165) is 32.1 Å². The van der Waals surface area contributed by atoms with Crippen LogP contribution in [0.4, 0.5) is 0 Å². The van der Waals surface area contributed by atoms with Gasteiger partial charge in [-0.15, -0.1) is 12.3 Å². The Morgan fingerprint density at radius 1 is 1.73 bits per heavy atom. The highest BCUT2D eigenvalue weighted by molar-refractivity contribution is 5.81. The van der Waals surface area contributed by atoms with E-state index < -0.39 is 0 Å². The van der Waals surface area contributed by atoms with Crippen LogP contribution in [0.1, 0.15) is 39.0 Å². The largest absolute Gasteiger partial charge is 0.300 e. The monoisotopic (exact) mass is 150 g/mol. The van der Waals surface area contributed by atoms with Crippen LogP contribution in [-0.4, -0.2) is 5.78 Å². The Morgan fingerprint density at radius 2 is 2.45 bits per heavy atom. The molecule has 0 aromatic rings. The molecule has 1 nitrogen and oxygen atoms in total. The van der Waals surface area contributed by atoms with Gasteiger partial charge < -0.3 is 0 Å². The van der Waals surface area contributed by atoms with Gasteiger partial charge in [0.25, 0.3) is 0 Å². The second-order valence-corrected chi connectivity index (χ2v) is 3.73.